The highest BCUT2D eigenvalue weighted by Gasteiger charge is 2.22. The molecule has 1 N–H and O–H groups in total. The fourth-order valence-corrected chi connectivity index (χ4v) is 3.62. The molecule has 0 spiro atoms. The van der Waals surface area contributed by atoms with Crippen molar-refractivity contribution in [2.75, 3.05) is 24.5 Å². The lowest BCUT2D eigenvalue weighted by molar-refractivity contribution is 0.311. The lowest BCUT2D eigenvalue weighted by Gasteiger charge is -2.36. The first-order chi connectivity index (χ1) is 10.1. The minimum atomic E-state index is 0.822. The van der Waals surface area contributed by atoms with E-state index >= 15 is 0 Å². The van der Waals surface area contributed by atoms with Crippen LogP contribution in [0.2, 0.25) is 0 Å². The lowest BCUT2D eigenvalue weighted by Crippen LogP contribution is -2.36. The van der Waals surface area contributed by atoms with E-state index in [1.165, 1.54) is 48.1 Å². The Morgan fingerprint density at radius 1 is 1.29 bits per heavy atom. The molecule has 21 heavy (non-hydrogen) atoms. The topological polar surface area (TPSA) is 15.3 Å². The second kappa shape index (κ2) is 8.19. The van der Waals surface area contributed by atoms with Gasteiger partial charge in [0.05, 0.1) is 0 Å². The number of piperidine rings is 1. The molecule has 118 valence electrons. The number of nitrogens with one attached hydrogen (secondary N) is 1. The van der Waals surface area contributed by atoms with Gasteiger partial charge in [-0.3, -0.25) is 0 Å². The summed E-state index contributed by atoms with van der Waals surface area (Å²) in [4.78, 5) is 2.58. The molecule has 1 aromatic rings. The third kappa shape index (κ3) is 4.72. The van der Waals surface area contributed by atoms with Gasteiger partial charge in [-0.15, -0.1) is 0 Å². The predicted molar refractivity (Wildman–Crippen MR) is 95.9 cm³/mol. The van der Waals surface area contributed by atoms with E-state index in [9.17, 15) is 0 Å². The van der Waals surface area contributed by atoms with E-state index in [1.54, 1.807) is 0 Å². The van der Waals surface area contributed by atoms with Gasteiger partial charge in [0.1, 0.15) is 0 Å². The van der Waals surface area contributed by atoms with Crippen LogP contribution in [0.1, 0.15) is 45.6 Å². The van der Waals surface area contributed by atoms with Crippen LogP contribution in [-0.4, -0.2) is 19.6 Å². The van der Waals surface area contributed by atoms with Gasteiger partial charge in [0.25, 0.3) is 0 Å². The molecule has 0 aromatic heterocycles. The first-order valence-electron chi connectivity index (χ1n) is 8.36. The second-order valence-electron chi connectivity index (χ2n) is 6.52. The Hall–Kier alpha value is -0.540. The smallest absolute Gasteiger partial charge is 0.0412 e. The summed E-state index contributed by atoms with van der Waals surface area (Å²) in [7, 11) is 0. The predicted octanol–water partition coefficient (Wildman–Crippen LogP) is 4.82. The summed E-state index contributed by atoms with van der Waals surface area (Å²) in [6, 6.07) is 6.72. The van der Waals surface area contributed by atoms with Gasteiger partial charge in [-0.05, 0) is 61.4 Å². The third-order valence-corrected chi connectivity index (χ3v) is 5.10. The Morgan fingerprint density at radius 2 is 2.00 bits per heavy atom. The van der Waals surface area contributed by atoms with Gasteiger partial charge in [-0.2, -0.15) is 0 Å². The highest BCUT2D eigenvalue weighted by atomic mass is 79.9. The third-order valence-electron chi connectivity index (χ3n) is 4.61. The van der Waals surface area contributed by atoms with Gasteiger partial charge >= 0.3 is 0 Å². The van der Waals surface area contributed by atoms with Crippen LogP contribution >= 0.6 is 15.9 Å². The standard InChI is InChI=1S/C18H29BrN2/c1-4-9-20-13-16-12-17(19)5-6-18(16)21-10-7-15(8-11-21)14(2)3/h5-6,12,14-15,20H,4,7-11,13H2,1-3H3. The highest BCUT2D eigenvalue weighted by molar-refractivity contribution is 9.10. The van der Waals surface area contributed by atoms with Crippen molar-refractivity contribution in [3.8, 4) is 0 Å². The first kappa shape index (κ1) is 16.8. The Bertz CT molecular complexity index is 437. The Balaban J connectivity index is 2.05. The number of anilines is 1. The van der Waals surface area contributed by atoms with Crippen LogP contribution in [0.5, 0.6) is 0 Å². The molecule has 0 amide bonds. The quantitative estimate of drug-likeness (QED) is 0.738. The van der Waals surface area contributed by atoms with Crippen LogP contribution in [-0.2, 0) is 6.54 Å². The molecule has 1 heterocycles. The van der Waals surface area contributed by atoms with Crippen LogP contribution in [0.3, 0.4) is 0 Å². The number of nitrogens with zero attached hydrogens (tertiary/aromatic N) is 1. The SMILES string of the molecule is CCCNCc1cc(Br)ccc1N1CCC(C(C)C)CC1. The van der Waals surface area contributed by atoms with E-state index < -0.39 is 0 Å². The molecule has 2 rings (SSSR count). The summed E-state index contributed by atoms with van der Waals surface area (Å²) in [5.74, 6) is 1.72. The van der Waals surface area contributed by atoms with Gasteiger partial charge in [-0.25, -0.2) is 0 Å². The molecule has 1 saturated heterocycles. The minimum absolute atomic E-state index is 0.822. The van der Waals surface area contributed by atoms with Crippen molar-refractivity contribution < 1.29 is 0 Å². The van der Waals surface area contributed by atoms with Crippen LogP contribution in [0.15, 0.2) is 22.7 Å². The Morgan fingerprint density at radius 3 is 2.62 bits per heavy atom. The molecule has 2 nitrogen and oxygen atoms in total. The number of benzene rings is 1. The molecule has 0 atom stereocenters. The van der Waals surface area contributed by atoms with Gasteiger partial charge in [0.2, 0.25) is 0 Å². The molecular weight excluding hydrogens is 324 g/mol. The van der Waals surface area contributed by atoms with Crippen molar-refractivity contribution in [3.05, 3.63) is 28.2 Å². The van der Waals surface area contributed by atoms with E-state index in [0.717, 1.165) is 24.9 Å². The molecule has 1 aromatic carbocycles. The summed E-state index contributed by atoms with van der Waals surface area (Å²) >= 11 is 3.61. The van der Waals surface area contributed by atoms with E-state index in [1.807, 2.05) is 0 Å². The van der Waals surface area contributed by atoms with Crippen molar-refractivity contribution in [2.45, 2.75) is 46.6 Å². The van der Waals surface area contributed by atoms with Crippen molar-refractivity contribution in [1.82, 2.24) is 5.32 Å². The molecule has 0 saturated carbocycles. The maximum absolute atomic E-state index is 3.61. The average Bonchev–Trinajstić information content (AvgIpc) is 2.48. The lowest BCUT2D eigenvalue weighted by atomic mass is 9.86. The molecular formula is C18H29BrN2. The minimum Gasteiger partial charge on any atom is -0.371 e. The molecule has 1 fully saturated rings. The molecule has 1 aliphatic rings. The van der Waals surface area contributed by atoms with Crippen LogP contribution in [0.4, 0.5) is 5.69 Å². The summed E-state index contributed by atoms with van der Waals surface area (Å²) in [6.07, 6.45) is 3.84. The van der Waals surface area contributed by atoms with Crippen molar-refractivity contribution in [3.63, 3.8) is 0 Å². The fourth-order valence-electron chi connectivity index (χ4n) is 3.21. The maximum atomic E-state index is 3.61. The number of hydrogen-bond donors (Lipinski definition) is 1. The van der Waals surface area contributed by atoms with Crippen LogP contribution in [0.25, 0.3) is 0 Å². The normalized spacial score (nSPS) is 16.7. The monoisotopic (exact) mass is 352 g/mol. The number of rotatable bonds is 6. The van der Waals surface area contributed by atoms with Crippen molar-refractivity contribution in [1.29, 1.82) is 0 Å². The summed E-state index contributed by atoms with van der Waals surface area (Å²) < 4.78 is 1.18. The molecule has 0 unspecified atom stereocenters. The van der Waals surface area contributed by atoms with Gasteiger partial charge in [0.15, 0.2) is 0 Å². The van der Waals surface area contributed by atoms with E-state index in [4.69, 9.17) is 0 Å². The zero-order valence-electron chi connectivity index (χ0n) is 13.7. The Labute approximate surface area is 138 Å². The molecule has 0 bridgehead atoms. The average molecular weight is 353 g/mol. The molecule has 0 radical (unpaired) electrons. The zero-order chi connectivity index (χ0) is 15.2. The van der Waals surface area contributed by atoms with Crippen molar-refractivity contribution >= 4 is 21.6 Å². The molecule has 1 aliphatic heterocycles. The van der Waals surface area contributed by atoms with E-state index in [2.05, 4.69) is 65.1 Å². The van der Waals surface area contributed by atoms with Gasteiger partial charge in [-0.1, -0.05) is 36.7 Å². The van der Waals surface area contributed by atoms with E-state index in [0.29, 0.717) is 0 Å². The van der Waals surface area contributed by atoms with Gasteiger partial charge in [0, 0.05) is 29.8 Å². The molecule has 3 heteroatoms. The number of halogens is 1. The second-order valence-corrected chi connectivity index (χ2v) is 7.43. The summed E-state index contributed by atoms with van der Waals surface area (Å²) in [5, 5.41) is 3.54. The summed E-state index contributed by atoms with van der Waals surface area (Å²) in [5.41, 5.74) is 2.84. The highest BCUT2D eigenvalue weighted by Crippen LogP contribution is 2.31. The van der Waals surface area contributed by atoms with Crippen LogP contribution < -0.4 is 10.2 Å². The number of hydrogen-bond acceptors (Lipinski definition) is 2. The summed E-state index contributed by atoms with van der Waals surface area (Å²) in [6.45, 7) is 11.4. The Kier molecular flexibility index (Phi) is 6.56. The van der Waals surface area contributed by atoms with Crippen molar-refractivity contribution in [2.24, 2.45) is 11.8 Å². The van der Waals surface area contributed by atoms with Crippen LogP contribution in [0, 0.1) is 11.8 Å². The largest absolute Gasteiger partial charge is 0.371 e. The maximum Gasteiger partial charge on any atom is 0.0412 e. The zero-order valence-corrected chi connectivity index (χ0v) is 15.2. The van der Waals surface area contributed by atoms with Gasteiger partial charge < -0.3 is 10.2 Å². The fraction of sp³-hybridized carbons (Fsp3) is 0.667. The first-order valence-corrected chi connectivity index (χ1v) is 9.15. The van der Waals surface area contributed by atoms with E-state index in [-0.39, 0.29) is 0 Å². The molecule has 0 aliphatic carbocycles.